The van der Waals surface area contributed by atoms with Gasteiger partial charge in [0.25, 0.3) is 5.91 Å². The number of para-hydroxylation sites is 1. The summed E-state index contributed by atoms with van der Waals surface area (Å²) in [5.41, 5.74) is 2.01. The molecule has 1 aliphatic rings. The maximum atomic E-state index is 11.3. The van der Waals surface area contributed by atoms with Gasteiger partial charge < -0.3 is 17.7 Å². The molecule has 2 heterocycles. The van der Waals surface area contributed by atoms with Gasteiger partial charge in [-0.15, -0.1) is 0 Å². The van der Waals surface area contributed by atoms with Gasteiger partial charge in [-0.3, -0.25) is 4.79 Å². The van der Waals surface area contributed by atoms with Gasteiger partial charge in [0.15, 0.2) is 6.20 Å². The summed E-state index contributed by atoms with van der Waals surface area (Å²) in [5.74, 6) is 0.0428. The topological polar surface area (TPSA) is 33.0 Å². The van der Waals surface area contributed by atoms with Gasteiger partial charge in [-0.1, -0.05) is 6.07 Å². The number of anilines is 1. The van der Waals surface area contributed by atoms with E-state index in [4.69, 9.17) is 0 Å². The molecular weight excluding hydrogens is 212 g/mol. The Labute approximate surface area is 93.1 Å². The summed E-state index contributed by atoms with van der Waals surface area (Å²) < 4.78 is 1.98. The molecule has 0 unspecified atom stereocenters. The van der Waals surface area contributed by atoms with Crippen molar-refractivity contribution >= 4 is 22.5 Å². The summed E-state index contributed by atoms with van der Waals surface area (Å²) in [5, 5.41) is 4.02. The van der Waals surface area contributed by atoms with E-state index in [0.717, 1.165) is 16.6 Å². The van der Waals surface area contributed by atoms with E-state index in [-0.39, 0.29) is 18.3 Å². The number of carbonyl (C=O) groups is 1. The first kappa shape index (κ1) is 9.93. The molecule has 0 atom stereocenters. The van der Waals surface area contributed by atoms with Gasteiger partial charge in [-0.2, -0.15) is 4.57 Å². The zero-order chi connectivity index (χ0) is 9.54. The lowest BCUT2D eigenvalue weighted by molar-refractivity contribution is -0.658. The fourth-order valence-electron chi connectivity index (χ4n) is 1.92. The second-order valence-electron chi connectivity index (χ2n) is 3.43. The molecule has 2 aromatic rings. The molecule has 1 amide bonds. The lowest BCUT2D eigenvalue weighted by atomic mass is 10.1. The molecule has 3 nitrogen and oxygen atoms in total. The third kappa shape index (κ3) is 1.45. The highest BCUT2D eigenvalue weighted by Gasteiger charge is 2.22. The second-order valence-corrected chi connectivity index (χ2v) is 3.43. The highest BCUT2D eigenvalue weighted by molar-refractivity contribution is 6.00. The molecule has 4 heteroatoms. The highest BCUT2D eigenvalue weighted by Crippen LogP contribution is 2.21. The van der Waals surface area contributed by atoms with E-state index >= 15 is 0 Å². The quantitative estimate of drug-likeness (QED) is 0.516. The van der Waals surface area contributed by atoms with Crippen LogP contribution >= 0.6 is 0 Å². The van der Waals surface area contributed by atoms with E-state index in [1.165, 1.54) is 0 Å². The maximum Gasteiger partial charge on any atom is 0.290 e. The third-order valence-electron chi connectivity index (χ3n) is 2.48. The van der Waals surface area contributed by atoms with E-state index in [1.807, 2.05) is 41.1 Å². The van der Waals surface area contributed by atoms with Crippen LogP contribution in [-0.4, -0.2) is 5.91 Å². The van der Waals surface area contributed by atoms with Crippen molar-refractivity contribution in [1.82, 2.24) is 0 Å². The average Bonchev–Trinajstić information content (AvgIpc) is 2.18. The minimum Gasteiger partial charge on any atom is -1.00 e. The summed E-state index contributed by atoms with van der Waals surface area (Å²) in [6.07, 6.45) is 1.94. The molecular formula is C11H9ClN2O. The van der Waals surface area contributed by atoms with Crippen LogP contribution in [0, 0.1) is 0 Å². The van der Waals surface area contributed by atoms with Gasteiger partial charge >= 0.3 is 0 Å². The van der Waals surface area contributed by atoms with Crippen LogP contribution in [0.5, 0.6) is 0 Å². The minimum atomic E-state index is 0. The van der Waals surface area contributed by atoms with Crippen LogP contribution in [0.15, 0.2) is 36.5 Å². The summed E-state index contributed by atoms with van der Waals surface area (Å²) >= 11 is 0. The van der Waals surface area contributed by atoms with Gasteiger partial charge in [-0.05, 0) is 18.2 Å². The Kier molecular flexibility index (Phi) is 2.32. The second kappa shape index (κ2) is 3.51. The minimum absolute atomic E-state index is 0. The maximum absolute atomic E-state index is 11.3. The molecule has 0 saturated carbocycles. The molecule has 0 radical (unpaired) electrons. The Bertz CT molecular complexity index is 496. The zero-order valence-electron chi connectivity index (χ0n) is 7.90. The van der Waals surface area contributed by atoms with Crippen LogP contribution in [0.1, 0.15) is 0 Å². The first-order chi connectivity index (χ1) is 6.84. The Morgan fingerprint density at radius 2 is 2.00 bits per heavy atom. The number of benzene rings is 1. The van der Waals surface area contributed by atoms with Gasteiger partial charge in [0.05, 0.1) is 0 Å². The molecule has 0 bridgehead atoms. The monoisotopic (exact) mass is 220 g/mol. The molecule has 0 fully saturated rings. The van der Waals surface area contributed by atoms with Gasteiger partial charge in [0, 0.05) is 11.5 Å². The molecule has 15 heavy (non-hydrogen) atoms. The first-order valence-corrected chi connectivity index (χ1v) is 4.56. The average molecular weight is 221 g/mol. The number of hydrogen-bond donors (Lipinski definition) is 1. The lowest BCUT2D eigenvalue weighted by Gasteiger charge is -2.11. The Morgan fingerprint density at radius 1 is 1.20 bits per heavy atom. The van der Waals surface area contributed by atoms with Crippen molar-refractivity contribution in [3.8, 4) is 0 Å². The molecule has 3 rings (SSSR count). The van der Waals surface area contributed by atoms with E-state index in [0.29, 0.717) is 6.54 Å². The van der Waals surface area contributed by atoms with Crippen LogP contribution in [-0.2, 0) is 11.3 Å². The van der Waals surface area contributed by atoms with Crippen molar-refractivity contribution in [3.05, 3.63) is 36.5 Å². The van der Waals surface area contributed by atoms with Crippen LogP contribution in [0.25, 0.3) is 10.9 Å². The number of carbonyl (C=O) groups excluding carboxylic acids is 1. The van der Waals surface area contributed by atoms with Crippen molar-refractivity contribution in [3.63, 3.8) is 0 Å². The van der Waals surface area contributed by atoms with Gasteiger partial charge in [0.2, 0.25) is 12.1 Å². The number of hydrogen-bond acceptors (Lipinski definition) is 1. The molecule has 76 valence electrons. The highest BCUT2D eigenvalue weighted by atomic mass is 35.5. The summed E-state index contributed by atoms with van der Waals surface area (Å²) in [4.78, 5) is 11.3. The molecule has 1 aromatic carbocycles. The normalized spacial score (nSPS) is 13.2. The third-order valence-corrected chi connectivity index (χ3v) is 2.48. The van der Waals surface area contributed by atoms with Crippen LogP contribution in [0.3, 0.4) is 0 Å². The molecule has 0 spiro atoms. The van der Waals surface area contributed by atoms with Crippen molar-refractivity contribution in [2.45, 2.75) is 6.54 Å². The number of nitrogens with one attached hydrogen (secondary N) is 1. The predicted molar refractivity (Wildman–Crippen MR) is 52.8 cm³/mol. The largest absolute Gasteiger partial charge is 1.00 e. The van der Waals surface area contributed by atoms with E-state index in [2.05, 4.69) is 5.32 Å². The van der Waals surface area contributed by atoms with Crippen molar-refractivity contribution in [1.29, 1.82) is 0 Å². The number of pyridine rings is 1. The molecule has 1 N–H and O–H groups in total. The van der Waals surface area contributed by atoms with E-state index in [1.54, 1.807) is 0 Å². The Morgan fingerprint density at radius 3 is 2.87 bits per heavy atom. The molecule has 1 aliphatic heterocycles. The number of amides is 1. The van der Waals surface area contributed by atoms with Crippen LogP contribution in [0.2, 0.25) is 0 Å². The van der Waals surface area contributed by atoms with Gasteiger partial charge in [0.1, 0.15) is 5.69 Å². The smallest absolute Gasteiger partial charge is 0.290 e. The standard InChI is InChI=1S/C11H8N2O.ClH/c14-10-7-13-6-2-4-8-3-1-5-9(12-10)11(8)13;/h1-6H,7H2;1H. The Balaban J connectivity index is 0.000000853. The SMILES string of the molecule is O=C1C[n+]2cccc3cccc(c32)N1.[Cl-]. The van der Waals surface area contributed by atoms with Crippen LogP contribution in [0.4, 0.5) is 5.69 Å². The number of nitrogens with zero attached hydrogens (tertiary/aromatic N) is 1. The Hall–Kier alpha value is -1.61. The molecule has 1 aromatic heterocycles. The summed E-state index contributed by atoms with van der Waals surface area (Å²) in [6.45, 7) is 0.411. The van der Waals surface area contributed by atoms with Crippen molar-refractivity contribution in [2.75, 3.05) is 5.32 Å². The zero-order valence-corrected chi connectivity index (χ0v) is 8.66. The number of halogens is 1. The number of rotatable bonds is 0. The molecule has 0 saturated heterocycles. The fourth-order valence-corrected chi connectivity index (χ4v) is 1.92. The summed E-state index contributed by atoms with van der Waals surface area (Å²) in [7, 11) is 0. The van der Waals surface area contributed by atoms with Crippen molar-refractivity contribution in [2.24, 2.45) is 0 Å². The predicted octanol–water partition coefficient (Wildman–Crippen LogP) is -1.92. The lowest BCUT2D eigenvalue weighted by Crippen LogP contribution is -3.00. The first-order valence-electron chi connectivity index (χ1n) is 4.56. The van der Waals surface area contributed by atoms with Gasteiger partial charge in [-0.25, -0.2) is 0 Å². The summed E-state index contributed by atoms with van der Waals surface area (Å²) in [6, 6.07) is 9.94. The van der Waals surface area contributed by atoms with E-state index < -0.39 is 0 Å². The number of aromatic nitrogens is 1. The van der Waals surface area contributed by atoms with Crippen molar-refractivity contribution < 1.29 is 21.8 Å². The van der Waals surface area contributed by atoms with E-state index in [9.17, 15) is 4.79 Å². The fraction of sp³-hybridized carbons (Fsp3) is 0.0909. The molecule has 0 aliphatic carbocycles. The van der Waals surface area contributed by atoms with Crippen LogP contribution < -0.4 is 22.3 Å².